The van der Waals surface area contributed by atoms with Gasteiger partial charge in [0.15, 0.2) is 0 Å². The van der Waals surface area contributed by atoms with Gasteiger partial charge in [-0.15, -0.1) is 0 Å². The van der Waals surface area contributed by atoms with Crippen molar-refractivity contribution in [3.05, 3.63) is 35.0 Å². The van der Waals surface area contributed by atoms with Crippen LogP contribution in [0.5, 0.6) is 0 Å². The van der Waals surface area contributed by atoms with Crippen molar-refractivity contribution in [2.45, 2.75) is 26.3 Å². The van der Waals surface area contributed by atoms with Crippen LogP contribution in [0.2, 0.25) is 0 Å². The second-order valence-corrected chi connectivity index (χ2v) is 4.49. The van der Waals surface area contributed by atoms with E-state index >= 15 is 0 Å². The summed E-state index contributed by atoms with van der Waals surface area (Å²) < 4.78 is 13.2. The van der Waals surface area contributed by atoms with E-state index in [1.165, 1.54) is 11.2 Å². The number of hydrogen-bond donors (Lipinski definition) is 3. The number of rotatable bonds is 2. The van der Waals surface area contributed by atoms with E-state index in [9.17, 15) is 4.39 Å². The van der Waals surface area contributed by atoms with E-state index in [0.29, 0.717) is 17.1 Å². The van der Waals surface area contributed by atoms with E-state index in [0.717, 1.165) is 18.7 Å². The van der Waals surface area contributed by atoms with E-state index < -0.39 is 0 Å². The van der Waals surface area contributed by atoms with Crippen molar-refractivity contribution in [3.63, 3.8) is 0 Å². The third kappa shape index (κ3) is 2.30. The zero-order valence-electron chi connectivity index (χ0n) is 10.6. The van der Waals surface area contributed by atoms with Crippen LogP contribution in [0.1, 0.15) is 18.9 Å². The van der Waals surface area contributed by atoms with E-state index in [2.05, 4.69) is 10.3 Å². The van der Waals surface area contributed by atoms with Gasteiger partial charge in [-0.2, -0.15) is 0 Å². The minimum Gasteiger partial charge on any atom is -0.399 e. The van der Waals surface area contributed by atoms with Crippen molar-refractivity contribution in [1.82, 2.24) is 10.3 Å². The van der Waals surface area contributed by atoms with Gasteiger partial charge in [-0.25, -0.2) is 15.2 Å². The fraction of sp³-hybridized carbons (Fsp3) is 0.417. The zero-order chi connectivity index (χ0) is 13.3. The van der Waals surface area contributed by atoms with Crippen LogP contribution in [0.25, 0.3) is 0 Å². The molecule has 0 saturated heterocycles. The Hall–Kier alpha value is -1.66. The van der Waals surface area contributed by atoms with Crippen molar-refractivity contribution >= 4 is 5.82 Å². The van der Waals surface area contributed by atoms with Gasteiger partial charge in [-0.3, -0.25) is 5.01 Å². The highest BCUT2D eigenvalue weighted by Gasteiger charge is 2.21. The maximum Gasteiger partial charge on any atom is 0.147 e. The van der Waals surface area contributed by atoms with Gasteiger partial charge in [0.1, 0.15) is 11.6 Å². The van der Waals surface area contributed by atoms with E-state index in [-0.39, 0.29) is 11.9 Å². The van der Waals surface area contributed by atoms with E-state index in [1.807, 2.05) is 6.92 Å². The molecule has 0 radical (unpaired) electrons. The quantitative estimate of drug-likeness (QED) is 0.534. The molecule has 1 aromatic heterocycles. The Morgan fingerprint density at radius 2 is 2.28 bits per heavy atom. The molecule has 1 unspecified atom stereocenters. The maximum absolute atomic E-state index is 13.2. The molecular formula is C12H18FN5. The van der Waals surface area contributed by atoms with Crippen LogP contribution in [-0.4, -0.2) is 17.6 Å². The molecule has 6 heteroatoms. The second-order valence-electron chi connectivity index (χ2n) is 4.49. The average Bonchev–Trinajstić information content (AvgIpc) is 2.35. The minimum absolute atomic E-state index is 0.0846. The number of aromatic nitrogens is 1. The first-order valence-electron chi connectivity index (χ1n) is 5.89. The van der Waals surface area contributed by atoms with E-state index in [4.69, 9.17) is 11.6 Å². The Kier molecular flexibility index (Phi) is 3.49. The van der Waals surface area contributed by atoms with Gasteiger partial charge in [-0.1, -0.05) is 0 Å². The smallest absolute Gasteiger partial charge is 0.147 e. The number of hydrogen-bond acceptors (Lipinski definition) is 5. The lowest BCUT2D eigenvalue weighted by atomic mass is 10.1. The first-order valence-corrected chi connectivity index (χ1v) is 5.89. The second kappa shape index (κ2) is 4.91. The summed E-state index contributed by atoms with van der Waals surface area (Å²) in [6.07, 6.45) is 1.90. The van der Waals surface area contributed by atoms with E-state index in [1.54, 1.807) is 13.0 Å². The summed E-state index contributed by atoms with van der Waals surface area (Å²) in [4.78, 5) is 3.99. The average molecular weight is 251 g/mol. The third-order valence-corrected chi connectivity index (χ3v) is 3.18. The fourth-order valence-corrected chi connectivity index (χ4v) is 1.97. The largest absolute Gasteiger partial charge is 0.399 e. The molecule has 0 spiro atoms. The van der Waals surface area contributed by atoms with Crippen LogP contribution in [0.4, 0.5) is 10.2 Å². The van der Waals surface area contributed by atoms with Crippen molar-refractivity contribution < 1.29 is 4.39 Å². The molecule has 1 aliphatic rings. The standard InChI is InChI=1S/C12H18FN5/c1-7-5-11(17-6-9(7)13)18(15)10-3-4-16-8(2)12(10)14/h5-6,8,16H,3-4,14-15H2,1-2H3. The first kappa shape index (κ1) is 12.8. The van der Waals surface area contributed by atoms with Crippen molar-refractivity contribution in [1.29, 1.82) is 0 Å². The van der Waals surface area contributed by atoms with Gasteiger partial charge in [0.2, 0.25) is 0 Å². The van der Waals surface area contributed by atoms with Crippen LogP contribution in [0.15, 0.2) is 23.7 Å². The highest BCUT2D eigenvalue weighted by atomic mass is 19.1. The predicted molar refractivity (Wildman–Crippen MR) is 68.9 cm³/mol. The SMILES string of the molecule is Cc1cc(N(N)C2=C(N)C(C)NCC2)ncc1F. The number of aryl methyl sites for hydroxylation is 1. The third-order valence-electron chi connectivity index (χ3n) is 3.18. The van der Waals surface area contributed by atoms with Crippen LogP contribution in [0.3, 0.4) is 0 Å². The summed E-state index contributed by atoms with van der Waals surface area (Å²) in [7, 11) is 0. The molecule has 0 fully saturated rings. The molecule has 1 atom stereocenters. The molecule has 18 heavy (non-hydrogen) atoms. The molecule has 2 rings (SSSR count). The number of nitrogens with zero attached hydrogens (tertiary/aromatic N) is 2. The Balaban J connectivity index is 2.33. The summed E-state index contributed by atoms with van der Waals surface area (Å²) in [6.45, 7) is 4.47. The molecule has 98 valence electrons. The molecule has 1 aromatic rings. The predicted octanol–water partition coefficient (Wildman–Crippen LogP) is 0.761. The maximum atomic E-state index is 13.2. The Bertz CT molecular complexity index is 485. The topological polar surface area (TPSA) is 80.2 Å². The highest BCUT2D eigenvalue weighted by molar-refractivity contribution is 5.47. The number of nitrogens with two attached hydrogens (primary N) is 2. The molecule has 5 nitrogen and oxygen atoms in total. The number of nitrogens with one attached hydrogen (secondary N) is 1. The molecule has 0 amide bonds. The number of halogens is 1. The lowest BCUT2D eigenvalue weighted by Gasteiger charge is -2.30. The van der Waals surface area contributed by atoms with Crippen LogP contribution >= 0.6 is 0 Å². The van der Waals surface area contributed by atoms with Crippen LogP contribution < -0.4 is 21.9 Å². The first-order chi connectivity index (χ1) is 8.50. The number of pyridine rings is 1. The highest BCUT2D eigenvalue weighted by Crippen LogP contribution is 2.21. The summed E-state index contributed by atoms with van der Waals surface area (Å²) in [6, 6.07) is 1.70. The van der Waals surface area contributed by atoms with Crippen LogP contribution in [0, 0.1) is 12.7 Å². The van der Waals surface area contributed by atoms with Crippen molar-refractivity contribution in [3.8, 4) is 0 Å². The normalized spacial score (nSPS) is 20.1. The van der Waals surface area contributed by atoms with Gasteiger partial charge < -0.3 is 11.1 Å². The van der Waals surface area contributed by atoms with Gasteiger partial charge in [-0.05, 0) is 25.5 Å². The molecule has 1 aliphatic heterocycles. The molecule has 0 aromatic carbocycles. The van der Waals surface area contributed by atoms with Gasteiger partial charge in [0.05, 0.1) is 11.9 Å². The molecule has 0 aliphatic carbocycles. The summed E-state index contributed by atoms with van der Waals surface area (Å²) in [5, 5.41) is 4.69. The number of hydrazine groups is 1. The molecule has 0 saturated carbocycles. The van der Waals surface area contributed by atoms with Gasteiger partial charge in [0.25, 0.3) is 0 Å². The molecule has 2 heterocycles. The fourth-order valence-electron chi connectivity index (χ4n) is 1.97. The molecular weight excluding hydrogens is 233 g/mol. The molecule has 0 bridgehead atoms. The lowest BCUT2D eigenvalue weighted by Crippen LogP contribution is -2.44. The van der Waals surface area contributed by atoms with Crippen molar-refractivity contribution in [2.24, 2.45) is 11.6 Å². The summed E-state index contributed by atoms with van der Waals surface area (Å²) >= 11 is 0. The Labute approximate surface area is 106 Å². The van der Waals surface area contributed by atoms with Gasteiger partial charge >= 0.3 is 0 Å². The lowest BCUT2D eigenvalue weighted by molar-refractivity contribution is 0.550. The summed E-state index contributed by atoms with van der Waals surface area (Å²) in [5.74, 6) is 6.18. The van der Waals surface area contributed by atoms with Gasteiger partial charge in [0, 0.05) is 24.7 Å². The minimum atomic E-state index is -0.340. The molecule has 5 N–H and O–H groups in total. The Morgan fingerprint density at radius 1 is 1.56 bits per heavy atom. The monoisotopic (exact) mass is 251 g/mol. The van der Waals surface area contributed by atoms with Crippen LogP contribution in [-0.2, 0) is 0 Å². The zero-order valence-corrected chi connectivity index (χ0v) is 10.6. The number of anilines is 1. The summed E-state index contributed by atoms with van der Waals surface area (Å²) in [5.41, 5.74) is 8.07. The Morgan fingerprint density at radius 3 is 2.94 bits per heavy atom. The van der Waals surface area contributed by atoms with Crippen molar-refractivity contribution in [2.75, 3.05) is 11.6 Å².